The lowest BCUT2D eigenvalue weighted by Gasteiger charge is -2.23. The Morgan fingerprint density at radius 1 is 1.00 bits per heavy atom. The molecule has 7 nitrogen and oxygen atoms in total. The molecule has 0 saturated carbocycles. The van der Waals surface area contributed by atoms with E-state index in [4.69, 9.17) is 5.26 Å². The van der Waals surface area contributed by atoms with Crippen LogP contribution < -0.4 is 10.6 Å². The molecule has 2 rings (SSSR count). The number of carbonyl (C=O) groups excluding carboxylic acids is 3. The molecule has 2 aromatic rings. The van der Waals surface area contributed by atoms with Crippen molar-refractivity contribution in [2.24, 2.45) is 5.41 Å². The second kappa shape index (κ2) is 8.15. The van der Waals surface area contributed by atoms with Crippen molar-refractivity contribution in [3.63, 3.8) is 0 Å². The minimum atomic E-state index is -1.43. The number of anilines is 2. The number of benzene rings is 2. The highest BCUT2D eigenvalue weighted by Gasteiger charge is 2.36. The third-order valence-electron chi connectivity index (χ3n) is 3.97. The van der Waals surface area contributed by atoms with Crippen LogP contribution in [-0.2, 0) is 14.3 Å². The van der Waals surface area contributed by atoms with Gasteiger partial charge in [-0.2, -0.15) is 5.26 Å². The van der Waals surface area contributed by atoms with E-state index >= 15 is 0 Å². The summed E-state index contributed by atoms with van der Waals surface area (Å²) in [6.07, 6.45) is 0. The van der Waals surface area contributed by atoms with Crippen LogP contribution in [0, 0.1) is 16.7 Å². The zero-order chi connectivity index (χ0) is 20.0. The van der Waals surface area contributed by atoms with Gasteiger partial charge in [0.15, 0.2) is 0 Å². The maximum Gasteiger partial charge on any atom is 0.337 e. The molecule has 0 aliphatic rings. The molecule has 2 aromatic carbocycles. The first kappa shape index (κ1) is 19.7. The summed E-state index contributed by atoms with van der Waals surface area (Å²) in [6, 6.07) is 14.7. The van der Waals surface area contributed by atoms with E-state index in [0.29, 0.717) is 16.9 Å². The molecule has 0 aliphatic carbocycles. The Bertz CT molecular complexity index is 929. The third kappa shape index (κ3) is 4.50. The fourth-order valence-electron chi connectivity index (χ4n) is 2.20. The largest absolute Gasteiger partial charge is 0.465 e. The van der Waals surface area contributed by atoms with Gasteiger partial charge in [-0.1, -0.05) is 18.2 Å². The van der Waals surface area contributed by atoms with Crippen LogP contribution in [0.2, 0.25) is 0 Å². The van der Waals surface area contributed by atoms with Gasteiger partial charge >= 0.3 is 5.97 Å². The topological polar surface area (TPSA) is 108 Å². The Kier molecular flexibility index (Phi) is 5.93. The Morgan fingerprint density at radius 3 is 2.33 bits per heavy atom. The predicted molar refractivity (Wildman–Crippen MR) is 100.0 cm³/mol. The van der Waals surface area contributed by atoms with Gasteiger partial charge in [0.25, 0.3) is 0 Å². The Labute approximate surface area is 156 Å². The average molecular weight is 365 g/mol. The van der Waals surface area contributed by atoms with Gasteiger partial charge in [0, 0.05) is 5.69 Å². The molecule has 0 unspecified atom stereocenters. The van der Waals surface area contributed by atoms with Crippen LogP contribution in [-0.4, -0.2) is 24.9 Å². The molecule has 138 valence electrons. The lowest BCUT2D eigenvalue weighted by atomic mass is 9.90. The molecule has 0 fully saturated rings. The summed E-state index contributed by atoms with van der Waals surface area (Å²) in [5.74, 6) is -1.65. The number of nitrogens with one attached hydrogen (secondary N) is 2. The Morgan fingerprint density at radius 2 is 1.67 bits per heavy atom. The number of hydrogen-bond donors (Lipinski definition) is 2. The quantitative estimate of drug-likeness (QED) is 0.625. The van der Waals surface area contributed by atoms with Gasteiger partial charge in [-0.15, -0.1) is 0 Å². The third-order valence-corrected chi connectivity index (χ3v) is 3.97. The molecule has 0 heterocycles. The van der Waals surface area contributed by atoms with Gasteiger partial charge in [-0.05, 0) is 44.2 Å². The van der Waals surface area contributed by atoms with E-state index in [2.05, 4.69) is 15.4 Å². The average Bonchev–Trinajstić information content (AvgIpc) is 2.67. The van der Waals surface area contributed by atoms with Crippen molar-refractivity contribution in [2.75, 3.05) is 17.7 Å². The van der Waals surface area contributed by atoms with Crippen molar-refractivity contribution in [1.29, 1.82) is 5.26 Å². The van der Waals surface area contributed by atoms with Crippen molar-refractivity contribution in [3.8, 4) is 6.07 Å². The normalized spacial score (nSPS) is 10.4. The molecular weight excluding hydrogens is 346 g/mol. The van der Waals surface area contributed by atoms with E-state index in [-0.39, 0.29) is 5.56 Å². The van der Waals surface area contributed by atoms with Crippen molar-refractivity contribution in [1.82, 2.24) is 0 Å². The molecule has 0 radical (unpaired) electrons. The van der Waals surface area contributed by atoms with Gasteiger partial charge < -0.3 is 15.4 Å². The molecule has 2 amide bonds. The number of para-hydroxylation sites is 1. The van der Waals surface area contributed by atoms with Crippen molar-refractivity contribution >= 4 is 29.2 Å². The highest BCUT2D eigenvalue weighted by atomic mass is 16.5. The summed E-state index contributed by atoms with van der Waals surface area (Å²) in [5.41, 5.74) is -0.155. The molecule has 0 aliphatic heterocycles. The van der Waals surface area contributed by atoms with Gasteiger partial charge in [0.05, 0.1) is 23.9 Å². The van der Waals surface area contributed by atoms with Crippen LogP contribution in [0.3, 0.4) is 0 Å². The standard InChI is InChI=1S/C20H19N3O4/c1-20(2,19(26)23-16-10-5-4-7-14(16)12-21)18(25)22-15-9-6-8-13(11-15)17(24)27-3/h4-11H,1-3H3,(H,22,25)(H,23,26). The first-order valence-corrected chi connectivity index (χ1v) is 8.10. The van der Waals surface area contributed by atoms with Crippen molar-refractivity contribution in [3.05, 3.63) is 59.7 Å². The zero-order valence-corrected chi connectivity index (χ0v) is 15.2. The van der Waals surface area contributed by atoms with E-state index in [0.717, 1.165) is 0 Å². The van der Waals surface area contributed by atoms with Crippen LogP contribution in [0.25, 0.3) is 0 Å². The van der Waals surface area contributed by atoms with Gasteiger partial charge in [0.2, 0.25) is 11.8 Å². The predicted octanol–water partition coefficient (Wildman–Crippen LogP) is 2.95. The van der Waals surface area contributed by atoms with E-state index in [1.54, 1.807) is 42.5 Å². The number of hydrogen-bond acceptors (Lipinski definition) is 5. The number of carbonyl (C=O) groups is 3. The van der Waals surface area contributed by atoms with E-state index in [1.807, 2.05) is 6.07 Å². The van der Waals surface area contributed by atoms with Crippen molar-refractivity contribution < 1.29 is 19.1 Å². The molecular formula is C20H19N3O4. The van der Waals surface area contributed by atoms with Crippen LogP contribution in [0.15, 0.2) is 48.5 Å². The van der Waals surface area contributed by atoms with Crippen LogP contribution in [0.4, 0.5) is 11.4 Å². The Balaban J connectivity index is 2.16. The van der Waals surface area contributed by atoms with Crippen LogP contribution in [0.5, 0.6) is 0 Å². The van der Waals surface area contributed by atoms with E-state index in [1.165, 1.54) is 27.0 Å². The van der Waals surface area contributed by atoms with Gasteiger partial charge in [-0.3, -0.25) is 9.59 Å². The summed E-state index contributed by atoms with van der Waals surface area (Å²) >= 11 is 0. The monoisotopic (exact) mass is 365 g/mol. The molecule has 7 heteroatoms. The van der Waals surface area contributed by atoms with Crippen LogP contribution in [0.1, 0.15) is 29.8 Å². The number of esters is 1. The number of methoxy groups -OCH3 is 1. The smallest absolute Gasteiger partial charge is 0.337 e. The lowest BCUT2D eigenvalue weighted by Crippen LogP contribution is -2.41. The first-order chi connectivity index (χ1) is 12.8. The molecule has 0 saturated heterocycles. The molecule has 27 heavy (non-hydrogen) atoms. The first-order valence-electron chi connectivity index (χ1n) is 8.10. The second-order valence-corrected chi connectivity index (χ2v) is 6.26. The fourth-order valence-corrected chi connectivity index (χ4v) is 2.20. The molecule has 0 bridgehead atoms. The Hall–Kier alpha value is -3.66. The number of amides is 2. The van der Waals surface area contributed by atoms with Crippen LogP contribution >= 0.6 is 0 Å². The number of rotatable bonds is 5. The molecule has 0 spiro atoms. The summed E-state index contributed by atoms with van der Waals surface area (Å²) in [6.45, 7) is 2.94. The zero-order valence-electron chi connectivity index (χ0n) is 15.2. The maximum absolute atomic E-state index is 12.6. The number of nitrogens with zero attached hydrogens (tertiary/aromatic N) is 1. The van der Waals surface area contributed by atoms with Gasteiger partial charge in [0.1, 0.15) is 11.5 Å². The number of nitriles is 1. The number of ether oxygens (including phenoxy) is 1. The molecule has 0 aromatic heterocycles. The fraction of sp³-hybridized carbons (Fsp3) is 0.200. The minimum absolute atomic E-state index is 0.278. The highest BCUT2D eigenvalue weighted by Crippen LogP contribution is 2.23. The van der Waals surface area contributed by atoms with Gasteiger partial charge in [-0.25, -0.2) is 4.79 Å². The maximum atomic E-state index is 12.6. The minimum Gasteiger partial charge on any atom is -0.465 e. The van der Waals surface area contributed by atoms with E-state index < -0.39 is 23.2 Å². The molecule has 2 N–H and O–H groups in total. The van der Waals surface area contributed by atoms with E-state index in [9.17, 15) is 14.4 Å². The summed E-state index contributed by atoms with van der Waals surface area (Å²) in [7, 11) is 1.26. The summed E-state index contributed by atoms with van der Waals surface area (Å²) < 4.78 is 4.65. The summed E-state index contributed by atoms with van der Waals surface area (Å²) in [4.78, 5) is 36.8. The highest BCUT2D eigenvalue weighted by molar-refractivity contribution is 6.14. The van der Waals surface area contributed by atoms with Crippen molar-refractivity contribution in [2.45, 2.75) is 13.8 Å². The summed E-state index contributed by atoms with van der Waals surface area (Å²) in [5, 5.41) is 14.3. The second-order valence-electron chi connectivity index (χ2n) is 6.26. The molecule has 0 atom stereocenters. The lowest BCUT2D eigenvalue weighted by molar-refractivity contribution is -0.135. The SMILES string of the molecule is COC(=O)c1cccc(NC(=O)C(C)(C)C(=O)Nc2ccccc2C#N)c1.